The molecule has 1 fully saturated rings. The lowest BCUT2D eigenvalue weighted by atomic mass is 10.1. The fourth-order valence-corrected chi connectivity index (χ4v) is 4.38. The maximum absolute atomic E-state index is 9.69. The first-order chi connectivity index (χ1) is 15.3. The Bertz CT molecular complexity index is 943. The number of para-hydroxylation sites is 1. The summed E-state index contributed by atoms with van der Waals surface area (Å²) in [7, 11) is 0. The van der Waals surface area contributed by atoms with Gasteiger partial charge in [0.25, 0.3) is 0 Å². The minimum Gasteiger partial charge on any atom is -0.494 e. The molecule has 0 radical (unpaired) electrons. The number of aliphatic hydroxyl groups is 1. The van der Waals surface area contributed by atoms with Crippen molar-refractivity contribution in [3.8, 4) is 11.6 Å². The van der Waals surface area contributed by atoms with Crippen molar-refractivity contribution in [3.63, 3.8) is 0 Å². The van der Waals surface area contributed by atoms with Gasteiger partial charge in [0, 0.05) is 69.0 Å². The lowest BCUT2D eigenvalue weighted by molar-refractivity contribution is 0.0486. The summed E-state index contributed by atoms with van der Waals surface area (Å²) >= 11 is 0. The quantitative estimate of drug-likeness (QED) is 0.575. The highest BCUT2D eigenvalue weighted by molar-refractivity contribution is 5.33. The predicted octanol–water partition coefficient (Wildman–Crippen LogP) is 3.34. The number of aliphatic hydroxyl groups excluding tert-OH is 1. The van der Waals surface area contributed by atoms with E-state index in [1.54, 1.807) is 0 Å². The van der Waals surface area contributed by atoms with Crippen molar-refractivity contribution in [2.45, 2.75) is 32.5 Å². The van der Waals surface area contributed by atoms with Crippen LogP contribution in [0.5, 0.6) is 5.75 Å². The first-order valence-corrected chi connectivity index (χ1v) is 11.1. The van der Waals surface area contributed by atoms with E-state index in [-0.39, 0.29) is 6.61 Å². The minimum atomic E-state index is 0.201. The van der Waals surface area contributed by atoms with Crippen LogP contribution in [0.15, 0.2) is 67.0 Å². The van der Waals surface area contributed by atoms with Crippen LogP contribution in [0.1, 0.15) is 24.6 Å². The van der Waals surface area contributed by atoms with Gasteiger partial charge in [0.1, 0.15) is 11.6 Å². The Labute approximate surface area is 184 Å². The molecule has 2 aromatic heterocycles. The Morgan fingerprint density at radius 2 is 1.90 bits per heavy atom. The Morgan fingerprint density at radius 3 is 2.71 bits per heavy atom. The third-order valence-electron chi connectivity index (χ3n) is 5.91. The van der Waals surface area contributed by atoms with Gasteiger partial charge in [-0.15, -0.1) is 0 Å². The summed E-state index contributed by atoms with van der Waals surface area (Å²) in [4.78, 5) is 9.47. The fraction of sp³-hybridized carbons (Fsp3) is 0.400. The van der Waals surface area contributed by atoms with Gasteiger partial charge in [0.05, 0.1) is 6.61 Å². The standard InChI is InChI=1S/C25H32N4O2/c1-2-31-24-10-4-3-8-21(24)18-28-16-15-27(19-22(28)12-17-30)20-23-9-7-14-29(23)25-11-5-6-13-26-25/h3-11,13-14,22,30H,2,12,15-20H2,1H3/t22-/m1/s1. The molecule has 3 aromatic rings. The van der Waals surface area contributed by atoms with Crippen molar-refractivity contribution >= 4 is 0 Å². The second-order valence-corrected chi connectivity index (χ2v) is 7.97. The van der Waals surface area contributed by atoms with Gasteiger partial charge >= 0.3 is 0 Å². The minimum absolute atomic E-state index is 0.201. The van der Waals surface area contributed by atoms with Crippen LogP contribution in [0.2, 0.25) is 0 Å². The molecule has 1 atom stereocenters. The zero-order chi connectivity index (χ0) is 21.5. The molecule has 0 spiro atoms. The van der Waals surface area contributed by atoms with E-state index < -0.39 is 0 Å². The van der Waals surface area contributed by atoms with Crippen LogP contribution >= 0.6 is 0 Å². The topological polar surface area (TPSA) is 53.8 Å². The Kier molecular flexibility index (Phi) is 7.35. The SMILES string of the molecule is CCOc1ccccc1CN1CCN(Cc2cccn2-c2ccccn2)C[C@H]1CCO. The zero-order valence-electron chi connectivity index (χ0n) is 18.2. The highest BCUT2D eigenvalue weighted by atomic mass is 16.5. The molecule has 1 saturated heterocycles. The normalized spacial score (nSPS) is 17.7. The number of benzene rings is 1. The summed E-state index contributed by atoms with van der Waals surface area (Å²) < 4.78 is 7.98. The van der Waals surface area contributed by atoms with E-state index in [0.717, 1.165) is 50.7 Å². The molecular formula is C25H32N4O2. The zero-order valence-corrected chi connectivity index (χ0v) is 18.2. The molecule has 0 amide bonds. The van der Waals surface area contributed by atoms with E-state index in [1.807, 2.05) is 43.5 Å². The van der Waals surface area contributed by atoms with Gasteiger partial charge in [-0.25, -0.2) is 4.98 Å². The van der Waals surface area contributed by atoms with E-state index in [2.05, 4.69) is 49.8 Å². The summed E-state index contributed by atoms with van der Waals surface area (Å²) in [6.45, 7) is 7.50. The smallest absolute Gasteiger partial charge is 0.136 e. The third-order valence-corrected chi connectivity index (χ3v) is 5.91. The molecule has 6 nitrogen and oxygen atoms in total. The molecule has 0 saturated carbocycles. The van der Waals surface area contributed by atoms with Crippen LogP contribution in [0.3, 0.4) is 0 Å². The second-order valence-electron chi connectivity index (χ2n) is 7.97. The summed E-state index contributed by atoms with van der Waals surface area (Å²) in [6, 6.07) is 18.8. The van der Waals surface area contributed by atoms with Gasteiger partial charge in [-0.2, -0.15) is 0 Å². The highest BCUT2D eigenvalue weighted by Crippen LogP contribution is 2.24. The van der Waals surface area contributed by atoms with Gasteiger partial charge in [-0.3, -0.25) is 9.80 Å². The number of rotatable bonds is 9. The fourth-order valence-electron chi connectivity index (χ4n) is 4.38. The number of hydrogen-bond donors (Lipinski definition) is 1. The molecule has 1 N–H and O–H groups in total. The van der Waals surface area contributed by atoms with E-state index in [0.29, 0.717) is 12.6 Å². The van der Waals surface area contributed by atoms with Crippen molar-refractivity contribution < 1.29 is 9.84 Å². The second kappa shape index (κ2) is 10.6. The molecule has 1 aliphatic rings. The molecule has 164 valence electrons. The molecule has 6 heteroatoms. The van der Waals surface area contributed by atoms with Gasteiger partial charge in [0.15, 0.2) is 0 Å². The molecule has 3 heterocycles. The Hall–Kier alpha value is -2.67. The first-order valence-electron chi connectivity index (χ1n) is 11.1. The summed E-state index contributed by atoms with van der Waals surface area (Å²) in [6.07, 6.45) is 4.67. The number of piperazine rings is 1. The Balaban J connectivity index is 1.44. The van der Waals surface area contributed by atoms with Gasteiger partial charge in [-0.1, -0.05) is 24.3 Å². The molecule has 31 heavy (non-hydrogen) atoms. The lowest BCUT2D eigenvalue weighted by Gasteiger charge is -2.41. The van der Waals surface area contributed by atoms with Crippen molar-refractivity contribution in [1.29, 1.82) is 0 Å². The van der Waals surface area contributed by atoms with Crippen LogP contribution in [0, 0.1) is 0 Å². The molecule has 1 aromatic carbocycles. The Morgan fingerprint density at radius 1 is 1.03 bits per heavy atom. The monoisotopic (exact) mass is 420 g/mol. The lowest BCUT2D eigenvalue weighted by Crippen LogP contribution is -2.52. The van der Waals surface area contributed by atoms with Crippen LogP contribution in [0.4, 0.5) is 0 Å². The maximum Gasteiger partial charge on any atom is 0.136 e. The van der Waals surface area contributed by atoms with Crippen molar-refractivity contribution in [3.05, 3.63) is 78.2 Å². The van der Waals surface area contributed by atoms with E-state index in [1.165, 1.54) is 11.3 Å². The molecular weight excluding hydrogens is 388 g/mol. The molecule has 0 unspecified atom stereocenters. The first kappa shape index (κ1) is 21.6. The summed E-state index contributed by atoms with van der Waals surface area (Å²) in [5, 5.41) is 9.69. The van der Waals surface area contributed by atoms with Crippen LogP contribution in [-0.4, -0.2) is 63.3 Å². The van der Waals surface area contributed by atoms with Gasteiger partial charge in [-0.05, 0) is 43.7 Å². The average Bonchev–Trinajstić information content (AvgIpc) is 3.26. The predicted molar refractivity (Wildman–Crippen MR) is 122 cm³/mol. The summed E-state index contributed by atoms with van der Waals surface area (Å²) in [5.74, 6) is 1.91. The van der Waals surface area contributed by atoms with Gasteiger partial charge in [0.2, 0.25) is 0 Å². The van der Waals surface area contributed by atoms with Crippen LogP contribution in [-0.2, 0) is 13.1 Å². The third kappa shape index (κ3) is 5.34. The number of nitrogens with zero attached hydrogens (tertiary/aromatic N) is 4. The molecule has 0 bridgehead atoms. The maximum atomic E-state index is 9.69. The number of ether oxygens (including phenoxy) is 1. The van der Waals surface area contributed by atoms with Crippen molar-refractivity contribution in [2.75, 3.05) is 32.8 Å². The van der Waals surface area contributed by atoms with E-state index >= 15 is 0 Å². The number of hydrogen-bond acceptors (Lipinski definition) is 5. The molecule has 4 rings (SSSR count). The highest BCUT2D eigenvalue weighted by Gasteiger charge is 2.27. The summed E-state index contributed by atoms with van der Waals surface area (Å²) in [5.41, 5.74) is 2.45. The van der Waals surface area contributed by atoms with Crippen molar-refractivity contribution in [1.82, 2.24) is 19.4 Å². The van der Waals surface area contributed by atoms with Crippen molar-refractivity contribution in [2.24, 2.45) is 0 Å². The molecule has 1 aliphatic heterocycles. The molecule has 0 aliphatic carbocycles. The van der Waals surface area contributed by atoms with Crippen LogP contribution in [0.25, 0.3) is 5.82 Å². The number of aromatic nitrogens is 2. The van der Waals surface area contributed by atoms with Gasteiger partial charge < -0.3 is 14.4 Å². The number of pyridine rings is 1. The van der Waals surface area contributed by atoms with E-state index in [4.69, 9.17) is 4.74 Å². The van der Waals surface area contributed by atoms with Crippen LogP contribution < -0.4 is 4.74 Å². The average molecular weight is 421 g/mol. The van der Waals surface area contributed by atoms with E-state index in [9.17, 15) is 5.11 Å². The largest absolute Gasteiger partial charge is 0.494 e.